The highest BCUT2D eigenvalue weighted by Gasteiger charge is 2.75. The molecule has 0 amide bonds. The maximum absolute atomic E-state index is 12.6. The van der Waals surface area contributed by atoms with Crippen molar-refractivity contribution < 1.29 is 14.9 Å². The fourth-order valence-corrected chi connectivity index (χ4v) is 13.6. The van der Waals surface area contributed by atoms with Crippen molar-refractivity contribution in [2.45, 2.75) is 158 Å². The molecule has 0 heterocycles. The Morgan fingerprint density at radius 3 is 2.05 bits per heavy atom. The highest BCUT2D eigenvalue weighted by atomic mass is 16.5. The van der Waals surface area contributed by atoms with Crippen LogP contribution in [0.3, 0.4) is 0 Å². The Labute approximate surface area is 254 Å². The first kappa shape index (κ1) is 32.3. The quantitative estimate of drug-likeness (QED) is 0.346. The molecule has 16 atom stereocenters. The maximum atomic E-state index is 12.6. The van der Waals surface area contributed by atoms with Crippen LogP contribution in [0.5, 0.6) is 0 Å². The molecule has 16 unspecified atom stereocenters. The number of ether oxygens (including phenoxy) is 1. The van der Waals surface area contributed by atoms with Crippen LogP contribution in [0.1, 0.15) is 134 Å². The van der Waals surface area contributed by atoms with Gasteiger partial charge in [-0.1, -0.05) is 101 Å². The number of aliphatic hydroxyl groups excluding tert-OH is 2. The van der Waals surface area contributed by atoms with Crippen LogP contribution in [0.4, 0.5) is 0 Å². The van der Waals surface area contributed by atoms with Crippen LogP contribution in [0.2, 0.25) is 0 Å². The normalized spacial score (nSPS) is 57.1. The van der Waals surface area contributed by atoms with Gasteiger partial charge >= 0.3 is 0 Å². The van der Waals surface area contributed by atoms with Crippen molar-refractivity contribution in [3.8, 4) is 0 Å². The zero-order valence-corrected chi connectivity index (χ0v) is 28.8. The molecule has 0 aliphatic heterocycles. The fraction of sp³-hybridized carbons (Fsp3) is 1.00. The second-order valence-corrected chi connectivity index (χ2v) is 17.8. The van der Waals surface area contributed by atoms with E-state index in [1.54, 1.807) is 0 Å². The second-order valence-electron chi connectivity index (χ2n) is 17.8. The molecule has 0 saturated heterocycles. The van der Waals surface area contributed by atoms with Crippen molar-refractivity contribution in [1.29, 1.82) is 0 Å². The van der Waals surface area contributed by atoms with E-state index >= 15 is 0 Å². The Hall–Kier alpha value is -0.120. The molecule has 5 saturated carbocycles. The SMILES string of the molecule is CC1CCC(CC(C)OC2C3(C)C(C)C4CCCC(C)C4C(O)C3C(C)C3(C)C(C)C(C(C)O)C(C)CC23C)CC1. The molecule has 0 aromatic rings. The van der Waals surface area contributed by atoms with Gasteiger partial charge in [0.1, 0.15) is 0 Å². The molecular weight excluding hydrogens is 504 g/mol. The van der Waals surface area contributed by atoms with Gasteiger partial charge in [0, 0.05) is 10.8 Å². The molecule has 5 aliphatic carbocycles. The number of rotatable bonds is 5. The minimum absolute atomic E-state index is 0.0155. The van der Waals surface area contributed by atoms with Gasteiger partial charge in [0.25, 0.3) is 0 Å². The van der Waals surface area contributed by atoms with E-state index in [0.717, 1.165) is 18.3 Å². The van der Waals surface area contributed by atoms with Crippen LogP contribution in [0, 0.1) is 81.3 Å². The molecule has 0 spiro atoms. The van der Waals surface area contributed by atoms with Crippen molar-refractivity contribution in [3.05, 3.63) is 0 Å². The average Bonchev–Trinajstić information content (AvgIpc) is 2.89. The van der Waals surface area contributed by atoms with E-state index in [0.29, 0.717) is 41.4 Å². The summed E-state index contributed by atoms with van der Waals surface area (Å²) in [6.45, 7) is 26.9. The highest BCUT2D eigenvalue weighted by molar-refractivity contribution is 5.22. The van der Waals surface area contributed by atoms with E-state index in [1.165, 1.54) is 51.4 Å². The minimum atomic E-state index is -0.313. The van der Waals surface area contributed by atoms with Crippen molar-refractivity contribution in [3.63, 3.8) is 0 Å². The molecule has 3 heteroatoms. The molecule has 2 N–H and O–H groups in total. The summed E-state index contributed by atoms with van der Waals surface area (Å²) in [6, 6.07) is 0. The molecule has 0 radical (unpaired) electrons. The van der Waals surface area contributed by atoms with Crippen molar-refractivity contribution in [2.75, 3.05) is 0 Å². The summed E-state index contributed by atoms with van der Waals surface area (Å²) in [5.41, 5.74) is -0.114. The van der Waals surface area contributed by atoms with Crippen molar-refractivity contribution in [2.24, 2.45) is 81.3 Å². The van der Waals surface area contributed by atoms with E-state index in [2.05, 4.69) is 69.2 Å². The van der Waals surface area contributed by atoms with Crippen LogP contribution in [-0.4, -0.2) is 34.6 Å². The Morgan fingerprint density at radius 1 is 0.805 bits per heavy atom. The van der Waals surface area contributed by atoms with Gasteiger partial charge in [-0.2, -0.15) is 0 Å². The summed E-state index contributed by atoms with van der Waals surface area (Å²) in [5.74, 6) is 5.44. The number of hydrogen-bond donors (Lipinski definition) is 2. The number of fused-ring (bicyclic) bond motifs is 3. The predicted molar refractivity (Wildman–Crippen MR) is 170 cm³/mol. The van der Waals surface area contributed by atoms with E-state index in [4.69, 9.17) is 4.74 Å². The van der Waals surface area contributed by atoms with Crippen molar-refractivity contribution in [1.82, 2.24) is 0 Å². The third-order valence-corrected chi connectivity index (χ3v) is 16.0. The lowest BCUT2D eigenvalue weighted by molar-refractivity contribution is -0.336. The second kappa shape index (κ2) is 11.3. The first-order chi connectivity index (χ1) is 19.1. The van der Waals surface area contributed by atoms with Gasteiger partial charge in [-0.05, 0) is 104 Å². The van der Waals surface area contributed by atoms with E-state index in [-0.39, 0.29) is 52.5 Å². The van der Waals surface area contributed by atoms with Crippen molar-refractivity contribution >= 4 is 0 Å². The van der Waals surface area contributed by atoms with Crippen LogP contribution in [-0.2, 0) is 4.74 Å². The maximum Gasteiger partial charge on any atom is 0.0697 e. The molecule has 0 aromatic heterocycles. The van der Waals surface area contributed by atoms with Crippen LogP contribution in [0.25, 0.3) is 0 Å². The molecule has 5 aliphatic rings. The van der Waals surface area contributed by atoms with Crippen LogP contribution >= 0.6 is 0 Å². The van der Waals surface area contributed by atoms with E-state index < -0.39 is 0 Å². The molecule has 5 fully saturated rings. The smallest absolute Gasteiger partial charge is 0.0697 e. The van der Waals surface area contributed by atoms with E-state index in [9.17, 15) is 10.2 Å². The standard InChI is InChI=1S/C38H68O3/c1-21-15-17-29(18-16-21)19-24(4)41-35-36(9)20-23(3)31(28(8)39)26(6)38(36,11)27(7)33-34(40)32-22(2)13-12-14-30(32)25(5)37(33,35)10/h21-35,39-40H,12-20H2,1-11H3. The Morgan fingerprint density at radius 2 is 1.44 bits per heavy atom. The molecular formula is C38H68O3. The third-order valence-electron chi connectivity index (χ3n) is 16.0. The molecule has 0 aromatic carbocycles. The van der Waals surface area contributed by atoms with Gasteiger partial charge in [0.15, 0.2) is 0 Å². The van der Waals surface area contributed by atoms with Gasteiger partial charge in [-0.25, -0.2) is 0 Å². The monoisotopic (exact) mass is 573 g/mol. The Bertz CT molecular complexity index is 909. The lowest BCUT2D eigenvalue weighted by atomic mass is 9.30. The van der Waals surface area contributed by atoms with Crippen LogP contribution in [0.15, 0.2) is 0 Å². The Kier molecular flexibility index (Phi) is 8.94. The van der Waals surface area contributed by atoms with Gasteiger partial charge in [0.2, 0.25) is 0 Å². The lowest BCUT2D eigenvalue weighted by Gasteiger charge is -2.76. The summed E-state index contributed by atoms with van der Waals surface area (Å²) in [5, 5.41) is 23.6. The largest absolute Gasteiger partial charge is 0.393 e. The summed E-state index contributed by atoms with van der Waals surface area (Å²) in [4.78, 5) is 0. The fourth-order valence-electron chi connectivity index (χ4n) is 13.6. The minimum Gasteiger partial charge on any atom is -0.393 e. The summed E-state index contributed by atoms with van der Waals surface area (Å²) >= 11 is 0. The molecule has 41 heavy (non-hydrogen) atoms. The topological polar surface area (TPSA) is 49.7 Å². The van der Waals surface area contributed by atoms with E-state index in [1.807, 2.05) is 6.92 Å². The molecule has 5 rings (SSSR count). The summed E-state index contributed by atoms with van der Waals surface area (Å²) in [6.07, 6.45) is 11.3. The Balaban J connectivity index is 1.59. The molecule has 238 valence electrons. The first-order valence-electron chi connectivity index (χ1n) is 18.1. The number of hydrogen-bond acceptors (Lipinski definition) is 3. The zero-order chi connectivity index (χ0) is 30.2. The van der Waals surface area contributed by atoms with Gasteiger partial charge in [0.05, 0.1) is 24.4 Å². The third kappa shape index (κ3) is 4.74. The predicted octanol–water partition coefficient (Wildman–Crippen LogP) is 9.00. The lowest BCUT2D eigenvalue weighted by Crippen LogP contribution is -2.76. The molecule has 3 nitrogen and oxygen atoms in total. The van der Waals surface area contributed by atoms with Gasteiger partial charge in [-0.3, -0.25) is 0 Å². The molecule has 0 bridgehead atoms. The first-order valence-corrected chi connectivity index (χ1v) is 18.1. The van der Waals surface area contributed by atoms with Gasteiger partial charge < -0.3 is 14.9 Å². The summed E-state index contributed by atoms with van der Waals surface area (Å²) < 4.78 is 7.62. The summed E-state index contributed by atoms with van der Waals surface area (Å²) in [7, 11) is 0. The zero-order valence-electron chi connectivity index (χ0n) is 28.8. The average molecular weight is 573 g/mol. The highest BCUT2D eigenvalue weighted by Crippen LogP contribution is 2.75. The van der Waals surface area contributed by atoms with Gasteiger partial charge in [-0.15, -0.1) is 0 Å². The number of aliphatic hydroxyl groups is 2. The van der Waals surface area contributed by atoms with Crippen LogP contribution < -0.4 is 0 Å².